The molecule has 39 heavy (non-hydrogen) atoms. The lowest BCUT2D eigenvalue weighted by molar-refractivity contribution is 0.301. The van der Waals surface area contributed by atoms with Gasteiger partial charge in [-0.1, -0.05) is 74.3 Å². The molecule has 3 aromatic carbocycles. The van der Waals surface area contributed by atoms with Crippen molar-refractivity contribution in [1.82, 2.24) is 15.1 Å². The van der Waals surface area contributed by atoms with Gasteiger partial charge >= 0.3 is 0 Å². The summed E-state index contributed by atoms with van der Waals surface area (Å²) in [5.74, 6) is -1.72. The Hall–Kier alpha value is -3.90. The van der Waals surface area contributed by atoms with Crippen LogP contribution in [0.25, 0.3) is 5.70 Å². The van der Waals surface area contributed by atoms with Gasteiger partial charge in [-0.2, -0.15) is 0 Å². The van der Waals surface area contributed by atoms with Crippen molar-refractivity contribution in [2.75, 3.05) is 27.2 Å². The van der Waals surface area contributed by atoms with E-state index >= 15 is 0 Å². The second-order valence-electron chi connectivity index (χ2n) is 10.1. The molecule has 2 unspecified atom stereocenters. The molecule has 0 aromatic heterocycles. The van der Waals surface area contributed by atoms with E-state index in [-0.39, 0.29) is 12.1 Å². The number of hydrogen-bond acceptors (Lipinski definition) is 4. The molecule has 3 rings (SSSR count). The van der Waals surface area contributed by atoms with Crippen LogP contribution in [0, 0.1) is 11.6 Å². The molecule has 0 bridgehead atoms. The molecule has 0 aliphatic rings. The summed E-state index contributed by atoms with van der Waals surface area (Å²) in [5.41, 5.74) is 12.5. The van der Waals surface area contributed by atoms with Crippen LogP contribution in [0.3, 0.4) is 0 Å². The van der Waals surface area contributed by atoms with Crippen LogP contribution >= 0.6 is 0 Å². The van der Waals surface area contributed by atoms with Crippen molar-refractivity contribution >= 4 is 5.70 Å². The minimum atomic E-state index is -0.861. The smallest absolute Gasteiger partial charge is 0.159 e. The molecule has 0 aliphatic carbocycles. The van der Waals surface area contributed by atoms with Gasteiger partial charge < -0.3 is 20.9 Å². The van der Waals surface area contributed by atoms with Crippen molar-refractivity contribution in [1.29, 1.82) is 0 Å². The Kier molecular flexibility index (Phi) is 10.5. The van der Waals surface area contributed by atoms with Gasteiger partial charge in [0.15, 0.2) is 11.6 Å². The van der Waals surface area contributed by atoms with Crippen molar-refractivity contribution in [2.45, 2.75) is 31.8 Å². The van der Waals surface area contributed by atoms with E-state index in [4.69, 9.17) is 5.73 Å². The van der Waals surface area contributed by atoms with Crippen LogP contribution in [0.1, 0.15) is 35.2 Å². The van der Waals surface area contributed by atoms with Crippen LogP contribution in [-0.4, -0.2) is 43.0 Å². The van der Waals surface area contributed by atoms with Gasteiger partial charge in [-0.3, -0.25) is 0 Å². The fraction of sp³-hybridized carbons (Fsp3) is 0.273. The molecule has 206 valence electrons. The highest BCUT2D eigenvalue weighted by Crippen LogP contribution is 2.23. The predicted molar refractivity (Wildman–Crippen MR) is 159 cm³/mol. The van der Waals surface area contributed by atoms with Gasteiger partial charge in [0.25, 0.3) is 0 Å². The first-order valence-electron chi connectivity index (χ1n) is 13.1. The van der Waals surface area contributed by atoms with Crippen molar-refractivity contribution in [2.24, 2.45) is 5.73 Å². The maximum atomic E-state index is 14.0. The van der Waals surface area contributed by atoms with E-state index in [0.29, 0.717) is 25.1 Å². The topological polar surface area (TPSA) is 44.5 Å². The lowest BCUT2D eigenvalue weighted by Crippen LogP contribution is -2.41. The summed E-state index contributed by atoms with van der Waals surface area (Å²) in [5, 5.41) is 3.44. The van der Waals surface area contributed by atoms with Gasteiger partial charge in [0, 0.05) is 43.8 Å². The summed E-state index contributed by atoms with van der Waals surface area (Å²) in [4.78, 5) is 4.08. The monoisotopic (exact) mass is 530 g/mol. The van der Waals surface area contributed by atoms with Crippen LogP contribution in [0.5, 0.6) is 0 Å². The molecule has 6 heteroatoms. The van der Waals surface area contributed by atoms with Crippen molar-refractivity contribution < 1.29 is 8.78 Å². The summed E-state index contributed by atoms with van der Waals surface area (Å²) < 4.78 is 27.6. The van der Waals surface area contributed by atoms with Gasteiger partial charge in [-0.15, -0.1) is 0 Å². The minimum absolute atomic E-state index is 0.0679. The first-order valence-corrected chi connectivity index (χ1v) is 13.1. The Morgan fingerprint density at radius 3 is 2.28 bits per heavy atom. The highest BCUT2D eigenvalue weighted by Gasteiger charge is 2.22. The summed E-state index contributed by atoms with van der Waals surface area (Å²) in [7, 11) is 3.92. The Morgan fingerprint density at radius 1 is 0.897 bits per heavy atom. The number of benzene rings is 3. The summed E-state index contributed by atoms with van der Waals surface area (Å²) in [6, 6.07) is 22.0. The molecule has 3 aromatic rings. The van der Waals surface area contributed by atoms with Gasteiger partial charge in [-0.05, 0) is 60.2 Å². The van der Waals surface area contributed by atoms with Crippen LogP contribution < -0.4 is 11.1 Å². The average molecular weight is 531 g/mol. The lowest BCUT2D eigenvalue weighted by Gasteiger charge is -2.36. The standard InChI is InChI=1S/C33H40F2N4/c1-23(22-38(5)26(4)30-14-10-13-29(21-30)24(2)36)39(6)33(20-28-15-16-31(34)32(35)19-28)25(3)37-18-17-27-11-8-7-9-12-27/h7-16,19,21,24,33,37H,1,3-4,17-18,20,22,36H2,2,5-6H3. The van der Waals surface area contributed by atoms with Crippen LogP contribution in [-0.2, 0) is 12.8 Å². The average Bonchev–Trinajstić information content (AvgIpc) is 2.93. The van der Waals surface area contributed by atoms with E-state index < -0.39 is 11.6 Å². The molecule has 4 nitrogen and oxygen atoms in total. The molecule has 0 radical (unpaired) electrons. The van der Waals surface area contributed by atoms with E-state index in [2.05, 4.69) is 43.3 Å². The Bertz CT molecular complexity index is 1290. The van der Waals surface area contributed by atoms with Crippen LogP contribution in [0.15, 0.2) is 104 Å². The van der Waals surface area contributed by atoms with Crippen molar-refractivity contribution in [3.63, 3.8) is 0 Å². The third-order valence-corrected chi connectivity index (χ3v) is 7.02. The molecule has 0 fully saturated rings. The largest absolute Gasteiger partial charge is 0.387 e. The maximum Gasteiger partial charge on any atom is 0.159 e. The number of likely N-dealkylation sites (N-methyl/N-ethyl adjacent to an activating group) is 2. The third kappa shape index (κ3) is 8.29. The summed E-state index contributed by atoms with van der Waals surface area (Å²) in [6.07, 6.45) is 1.27. The molecule has 0 heterocycles. The lowest BCUT2D eigenvalue weighted by atomic mass is 10.0. The number of nitrogens with two attached hydrogens (primary N) is 1. The first-order chi connectivity index (χ1) is 18.6. The maximum absolute atomic E-state index is 14.0. The SMILES string of the molecule is C=C(NCCc1ccccc1)C(Cc1ccc(F)c(F)c1)N(C)C(=C)CN(C)C(=C)c1cccc(C(C)N)c1. The van der Waals surface area contributed by atoms with E-state index in [1.165, 1.54) is 11.6 Å². The third-order valence-electron chi connectivity index (χ3n) is 7.02. The molecule has 0 aliphatic heterocycles. The zero-order valence-corrected chi connectivity index (χ0v) is 23.3. The highest BCUT2D eigenvalue weighted by molar-refractivity contribution is 5.62. The Morgan fingerprint density at radius 2 is 1.62 bits per heavy atom. The molecule has 0 amide bonds. The Labute approximate surface area is 232 Å². The van der Waals surface area contributed by atoms with Gasteiger partial charge in [0.05, 0.1) is 12.6 Å². The quantitative estimate of drug-likeness (QED) is 0.257. The predicted octanol–water partition coefficient (Wildman–Crippen LogP) is 6.29. The number of nitrogens with zero attached hydrogens (tertiary/aromatic N) is 2. The highest BCUT2D eigenvalue weighted by atomic mass is 19.2. The van der Waals surface area contributed by atoms with E-state index in [0.717, 1.165) is 40.7 Å². The van der Waals surface area contributed by atoms with Crippen LogP contribution in [0.4, 0.5) is 8.78 Å². The fourth-order valence-electron chi connectivity index (χ4n) is 4.44. The molecular formula is C33H40F2N4. The molecule has 2 atom stereocenters. The molecule has 3 N–H and O–H groups in total. The van der Waals surface area contributed by atoms with E-state index in [9.17, 15) is 8.78 Å². The Balaban J connectivity index is 1.72. The first kappa shape index (κ1) is 29.7. The minimum Gasteiger partial charge on any atom is -0.387 e. The van der Waals surface area contributed by atoms with Gasteiger partial charge in [-0.25, -0.2) is 8.78 Å². The number of rotatable bonds is 14. The van der Waals surface area contributed by atoms with E-state index in [1.807, 2.05) is 67.2 Å². The fourth-order valence-corrected chi connectivity index (χ4v) is 4.44. The van der Waals surface area contributed by atoms with Crippen molar-refractivity contribution in [3.8, 4) is 0 Å². The van der Waals surface area contributed by atoms with Crippen molar-refractivity contribution in [3.05, 3.63) is 138 Å². The molecule has 0 spiro atoms. The van der Waals surface area contributed by atoms with Gasteiger partial charge in [0.1, 0.15) is 0 Å². The van der Waals surface area contributed by atoms with Gasteiger partial charge in [0.2, 0.25) is 0 Å². The summed E-state index contributed by atoms with van der Waals surface area (Å²) >= 11 is 0. The second kappa shape index (κ2) is 13.8. The summed E-state index contributed by atoms with van der Waals surface area (Å²) in [6.45, 7) is 16.1. The molecular weight excluding hydrogens is 490 g/mol. The molecule has 0 saturated carbocycles. The number of hydrogen-bond donors (Lipinski definition) is 2. The normalized spacial score (nSPS) is 12.4. The zero-order chi connectivity index (χ0) is 28.5. The van der Waals surface area contributed by atoms with Crippen LogP contribution in [0.2, 0.25) is 0 Å². The van der Waals surface area contributed by atoms with E-state index in [1.54, 1.807) is 6.07 Å². The number of halogens is 2. The number of nitrogens with one attached hydrogen (secondary N) is 1. The second-order valence-corrected chi connectivity index (χ2v) is 10.1. The molecule has 0 saturated heterocycles. The zero-order valence-electron chi connectivity index (χ0n) is 23.3.